The first kappa shape index (κ1) is 32.0. The van der Waals surface area contributed by atoms with Gasteiger partial charge in [0.1, 0.15) is 11.2 Å². The van der Waals surface area contributed by atoms with Gasteiger partial charge in [0.15, 0.2) is 5.82 Å². The first-order valence-electron chi connectivity index (χ1n) is 13.4. The summed E-state index contributed by atoms with van der Waals surface area (Å²) in [6.07, 6.45) is -4.74. The van der Waals surface area contributed by atoms with E-state index in [1.165, 1.54) is 17.9 Å². The molecule has 0 saturated heterocycles. The number of aromatic carboxylic acids is 1. The predicted octanol–water partition coefficient (Wildman–Crippen LogP) is 3.68. The second kappa shape index (κ2) is 12.5. The monoisotopic (exact) mass is 660 g/mol. The van der Waals surface area contributed by atoms with E-state index in [4.69, 9.17) is 16.7 Å². The molecule has 3 N–H and O–H groups in total. The number of aryl methyl sites for hydroxylation is 1. The molecular weight excluding hydrogens is 637 g/mol. The quantitative estimate of drug-likeness (QED) is 0.222. The number of hydrogen-bond donors (Lipinski definition) is 3. The molecule has 240 valence electrons. The summed E-state index contributed by atoms with van der Waals surface area (Å²) in [5, 5.41) is 29.1. The number of aromatic nitrogens is 6. The molecule has 0 unspecified atom stereocenters. The van der Waals surface area contributed by atoms with Crippen LogP contribution in [0.1, 0.15) is 29.0 Å². The number of fused-ring (bicyclic) bond motifs is 1. The highest BCUT2D eigenvalue weighted by Crippen LogP contribution is 2.39. The Kier molecular flexibility index (Phi) is 8.69. The Balaban J connectivity index is 0.000000356. The van der Waals surface area contributed by atoms with Crippen molar-refractivity contribution in [3.05, 3.63) is 70.9 Å². The second-order valence-electron chi connectivity index (χ2n) is 10.1. The number of tetrazole rings is 1. The smallest absolute Gasteiger partial charge is 0.471 e. The lowest BCUT2D eigenvalue weighted by Crippen LogP contribution is -2.52. The van der Waals surface area contributed by atoms with Crippen LogP contribution >= 0.6 is 11.6 Å². The number of halogens is 4. The number of carboxylic acids is 1. The maximum absolute atomic E-state index is 12.6. The van der Waals surface area contributed by atoms with Crippen LogP contribution in [0.2, 0.25) is 5.02 Å². The summed E-state index contributed by atoms with van der Waals surface area (Å²) in [5.74, 6) is -3.51. The molecule has 2 aromatic carbocycles. The van der Waals surface area contributed by atoms with E-state index in [0.717, 1.165) is 22.2 Å². The molecular formula is C28H24ClF3N8O6. The average Bonchev–Trinajstić information content (AvgIpc) is 3.33. The van der Waals surface area contributed by atoms with Gasteiger partial charge in [-0.2, -0.15) is 13.2 Å². The third kappa shape index (κ3) is 6.49. The van der Waals surface area contributed by atoms with Crippen molar-refractivity contribution in [2.75, 3.05) is 7.11 Å². The number of nitrogens with zero attached hydrogens (tertiary/aromatic N) is 6. The van der Waals surface area contributed by atoms with Crippen LogP contribution in [-0.4, -0.2) is 71.6 Å². The van der Waals surface area contributed by atoms with Crippen molar-refractivity contribution in [1.82, 2.24) is 40.6 Å². The Bertz CT molecular complexity index is 1910. The number of benzene rings is 2. The number of para-hydroxylation sites is 1. The molecule has 1 aliphatic rings. The molecule has 5 aromatic rings. The first-order valence-corrected chi connectivity index (χ1v) is 13.7. The van der Waals surface area contributed by atoms with Gasteiger partial charge < -0.3 is 29.6 Å². The third-order valence-electron chi connectivity index (χ3n) is 7.00. The van der Waals surface area contributed by atoms with Gasteiger partial charge in [-0.25, -0.2) is 9.48 Å². The zero-order chi connectivity index (χ0) is 33.2. The standard InChI is InChI=1S/C23H19ClF3N7O2.C5H5NO4/c1-33-19(30-31-32-33)18-17(24)15-4-2-3-5-16(15)34(18)14-8-6-13(7-9-14)12-28-20(35)22(10-11-22)29-21(36)23(25,26)27;1-9-4-2-3(5(7)8)10-6-4/h2-9H,10-12H2,1H3,(H,28,35)(H,29,36);2H,1H3,(H,7,8). The van der Waals surface area contributed by atoms with Crippen molar-refractivity contribution in [3.8, 4) is 23.1 Å². The van der Waals surface area contributed by atoms with Gasteiger partial charge in [-0.1, -0.05) is 41.9 Å². The number of carbonyl (C=O) groups excluding carboxylic acids is 2. The number of carbonyl (C=O) groups is 3. The number of rotatable bonds is 8. The van der Waals surface area contributed by atoms with Crippen LogP contribution in [0.3, 0.4) is 0 Å². The first-order chi connectivity index (χ1) is 21.8. The van der Waals surface area contributed by atoms with Crippen molar-refractivity contribution in [1.29, 1.82) is 0 Å². The van der Waals surface area contributed by atoms with Crippen LogP contribution in [0.4, 0.5) is 13.2 Å². The molecule has 18 heteroatoms. The van der Waals surface area contributed by atoms with Crippen LogP contribution in [-0.2, 0) is 23.2 Å². The van der Waals surface area contributed by atoms with Gasteiger partial charge in [-0.15, -0.1) is 5.10 Å². The fourth-order valence-electron chi connectivity index (χ4n) is 4.49. The van der Waals surface area contributed by atoms with Gasteiger partial charge >= 0.3 is 18.1 Å². The summed E-state index contributed by atoms with van der Waals surface area (Å²) in [6, 6.07) is 16.0. The summed E-state index contributed by atoms with van der Waals surface area (Å²) in [5.41, 5.74) is 1.43. The Morgan fingerprint density at radius 2 is 1.83 bits per heavy atom. The Morgan fingerprint density at radius 1 is 1.13 bits per heavy atom. The van der Waals surface area contributed by atoms with E-state index in [1.54, 1.807) is 19.2 Å². The molecule has 3 heterocycles. The molecule has 1 fully saturated rings. The van der Waals surface area contributed by atoms with Gasteiger partial charge in [0.05, 0.1) is 23.7 Å². The van der Waals surface area contributed by atoms with Gasteiger partial charge in [0.25, 0.3) is 5.88 Å². The number of nitrogens with one attached hydrogen (secondary N) is 2. The molecule has 0 spiro atoms. The molecule has 2 amide bonds. The number of carboxylic acid groups (broad SMARTS) is 1. The summed E-state index contributed by atoms with van der Waals surface area (Å²) in [7, 11) is 3.09. The minimum absolute atomic E-state index is 0.0794. The number of methoxy groups -OCH3 is 1. The van der Waals surface area contributed by atoms with Crippen molar-refractivity contribution in [2.45, 2.75) is 31.1 Å². The highest BCUT2D eigenvalue weighted by atomic mass is 35.5. The minimum Gasteiger partial charge on any atom is -0.479 e. The van der Waals surface area contributed by atoms with E-state index < -0.39 is 29.5 Å². The largest absolute Gasteiger partial charge is 0.479 e. The molecule has 3 aromatic heterocycles. The predicted molar refractivity (Wildman–Crippen MR) is 154 cm³/mol. The van der Waals surface area contributed by atoms with Gasteiger partial charge in [-0.05, 0) is 52.2 Å². The Labute approximate surface area is 262 Å². The summed E-state index contributed by atoms with van der Waals surface area (Å²) >= 11 is 6.73. The highest BCUT2D eigenvalue weighted by molar-refractivity contribution is 6.38. The highest BCUT2D eigenvalue weighted by Gasteiger charge is 2.54. The molecule has 46 heavy (non-hydrogen) atoms. The van der Waals surface area contributed by atoms with Crippen LogP contribution in [0.25, 0.3) is 28.1 Å². The molecule has 1 aliphatic carbocycles. The van der Waals surface area contributed by atoms with E-state index >= 15 is 0 Å². The third-order valence-corrected chi connectivity index (χ3v) is 7.38. The van der Waals surface area contributed by atoms with Crippen LogP contribution in [0.15, 0.2) is 59.1 Å². The molecule has 0 bridgehead atoms. The van der Waals surface area contributed by atoms with Crippen LogP contribution in [0, 0.1) is 0 Å². The van der Waals surface area contributed by atoms with E-state index in [1.807, 2.05) is 46.3 Å². The lowest BCUT2D eigenvalue weighted by atomic mass is 10.1. The second-order valence-corrected chi connectivity index (χ2v) is 10.4. The summed E-state index contributed by atoms with van der Waals surface area (Å²) in [4.78, 5) is 33.9. The Hall–Kier alpha value is -5.45. The lowest BCUT2D eigenvalue weighted by Gasteiger charge is -2.18. The van der Waals surface area contributed by atoms with Crippen molar-refractivity contribution < 1.29 is 41.9 Å². The molecule has 14 nitrogen and oxygen atoms in total. The normalized spacial score (nSPS) is 13.4. The van der Waals surface area contributed by atoms with Crippen molar-refractivity contribution in [2.24, 2.45) is 7.05 Å². The molecule has 6 rings (SSSR count). The van der Waals surface area contributed by atoms with Gasteiger partial charge in [0, 0.05) is 24.7 Å². The minimum atomic E-state index is -5.04. The number of amides is 2. The molecule has 1 saturated carbocycles. The lowest BCUT2D eigenvalue weighted by molar-refractivity contribution is -0.175. The van der Waals surface area contributed by atoms with Crippen LogP contribution < -0.4 is 15.4 Å². The molecule has 0 atom stereocenters. The van der Waals surface area contributed by atoms with Gasteiger partial charge in [-0.3, -0.25) is 9.59 Å². The summed E-state index contributed by atoms with van der Waals surface area (Å²) < 4.78 is 50.1. The fourth-order valence-corrected chi connectivity index (χ4v) is 4.82. The number of hydrogen-bond acceptors (Lipinski definition) is 9. The topological polar surface area (TPSA) is 179 Å². The number of ether oxygens (including phenoxy) is 1. The number of alkyl halides is 3. The maximum Gasteiger partial charge on any atom is 0.471 e. The van der Waals surface area contributed by atoms with E-state index in [-0.39, 0.29) is 31.0 Å². The SMILES string of the molecule is COc1cc(C(=O)O)on1.Cn1nnnc1-c1c(Cl)c2ccccc2n1-c1ccc(CNC(=O)C2(NC(=O)C(F)(F)F)CC2)cc1. The Morgan fingerprint density at radius 3 is 2.37 bits per heavy atom. The summed E-state index contributed by atoms with van der Waals surface area (Å²) in [6.45, 7) is 0.0794. The fraction of sp³-hybridized carbons (Fsp3) is 0.250. The van der Waals surface area contributed by atoms with E-state index in [2.05, 4.69) is 35.3 Å². The van der Waals surface area contributed by atoms with Crippen LogP contribution in [0.5, 0.6) is 5.88 Å². The van der Waals surface area contributed by atoms with E-state index in [9.17, 15) is 27.6 Å². The molecule has 0 radical (unpaired) electrons. The van der Waals surface area contributed by atoms with Gasteiger partial charge in [0.2, 0.25) is 11.7 Å². The van der Waals surface area contributed by atoms with E-state index in [0.29, 0.717) is 16.5 Å². The average molecular weight is 661 g/mol. The van der Waals surface area contributed by atoms with Crippen molar-refractivity contribution in [3.63, 3.8) is 0 Å². The zero-order valence-corrected chi connectivity index (χ0v) is 24.8. The van der Waals surface area contributed by atoms with Crippen molar-refractivity contribution >= 4 is 40.3 Å². The molecule has 0 aliphatic heterocycles. The zero-order valence-electron chi connectivity index (χ0n) is 24.0. The maximum atomic E-state index is 12.6.